The molecule has 36 heavy (non-hydrogen) atoms. The number of methoxy groups -OCH3 is 1. The van der Waals surface area contributed by atoms with Crippen LogP contribution in [-0.2, 0) is 17.8 Å². The number of hydrogen-bond acceptors (Lipinski definition) is 7. The van der Waals surface area contributed by atoms with Gasteiger partial charge in [-0.1, -0.05) is 6.07 Å². The maximum atomic E-state index is 13.5. The van der Waals surface area contributed by atoms with Crippen molar-refractivity contribution in [3.63, 3.8) is 0 Å². The first-order valence-corrected chi connectivity index (χ1v) is 11.7. The zero-order valence-electron chi connectivity index (χ0n) is 20.5. The summed E-state index contributed by atoms with van der Waals surface area (Å²) in [6.07, 6.45) is 3.76. The van der Waals surface area contributed by atoms with E-state index in [0.717, 1.165) is 23.3 Å². The van der Waals surface area contributed by atoms with Crippen LogP contribution < -0.4 is 14.2 Å². The first kappa shape index (κ1) is 25.9. The van der Waals surface area contributed by atoms with E-state index in [2.05, 4.69) is 10.00 Å². The number of benzene rings is 2. The summed E-state index contributed by atoms with van der Waals surface area (Å²) in [5.41, 5.74) is 0.755. The fourth-order valence-electron chi connectivity index (χ4n) is 4.03. The smallest absolute Gasteiger partial charge is 0.162 e. The number of rotatable bonds is 10. The second-order valence-electron chi connectivity index (χ2n) is 8.97. The van der Waals surface area contributed by atoms with Crippen molar-refractivity contribution in [1.29, 1.82) is 0 Å². The van der Waals surface area contributed by atoms with E-state index in [1.54, 1.807) is 13.3 Å². The molecule has 3 aromatic rings. The van der Waals surface area contributed by atoms with Gasteiger partial charge in [0.1, 0.15) is 24.6 Å². The Morgan fingerprint density at radius 1 is 1.11 bits per heavy atom. The molecule has 0 unspecified atom stereocenters. The minimum atomic E-state index is -1.32. The number of aryl methyl sites for hydroxylation is 1. The lowest BCUT2D eigenvalue weighted by Gasteiger charge is -2.30. The van der Waals surface area contributed by atoms with Gasteiger partial charge in [0.25, 0.3) is 0 Å². The normalized spacial score (nSPS) is 18.6. The number of hydrogen-bond donors (Lipinski definition) is 1. The summed E-state index contributed by atoms with van der Waals surface area (Å²) in [6.45, 7) is 4.88. The van der Waals surface area contributed by atoms with Gasteiger partial charge in [-0.05, 0) is 42.3 Å². The highest BCUT2D eigenvalue weighted by Gasteiger charge is 2.33. The van der Waals surface area contributed by atoms with Crippen LogP contribution in [0.3, 0.4) is 0 Å². The van der Waals surface area contributed by atoms with Crippen molar-refractivity contribution in [2.24, 2.45) is 0 Å². The molecule has 1 aliphatic rings. The largest absolute Gasteiger partial charge is 0.493 e. The predicted molar refractivity (Wildman–Crippen MR) is 128 cm³/mol. The Morgan fingerprint density at radius 3 is 2.72 bits per heavy atom. The van der Waals surface area contributed by atoms with Gasteiger partial charge in [0.05, 0.1) is 33.1 Å². The maximum Gasteiger partial charge on any atom is 0.162 e. The number of aliphatic hydroxyl groups is 1. The molecule has 0 spiro atoms. The summed E-state index contributed by atoms with van der Waals surface area (Å²) < 4.78 is 51.1. The Kier molecular flexibility index (Phi) is 8.40. The molecule has 2 heterocycles. The van der Waals surface area contributed by atoms with Gasteiger partial charge < -0.3 is 24.1 Å². The van der Waals surface area contributed by atoms with Crippen molar-refractivity contribution in [2.45, 2.75) is 25.6 Å². The van der Waals surface area contributed by atoms with Crippen LogP contribution in [0.15, 0.2) is 48.8 Å². The van der Waals surface area contributed by atoms with Crippen LogP contribution in [-0.4, -0.2) is 72.0 Å². The topological polar surface area (TPSA) is 78.2 Å². The van der Waals surface area contributed by atoms with Crippen LogP contribution in [0.4, 0.5) is 8.78 Å². The second kappa shape index (κ2) is 11.7. The van der Waals surface area contributed by atoms with Crippen molar-refractivity contribution < 1.29 is 32.8 Å². The number of aromatic nitrogens is 2. The van der Waals surface area contributed by atoms with E-state index in [1.165, 1.54) is 6.07 Å². The molecule has 4 rings (SSSR count). The summed E-state index contributed by atoms with van der Waals surface area (Å²) in [4.78, 5) is 2.05. The lowest BCUT2D eigenvalue weighted by molar-refractivity contribution is -0.0647. The average Bonchev–Trinajstić information content (AvgIpc) is 3.18. The van der Waals surface area contributed by atoms with Crippen molar-refractivity contribution in [2.75, 3.05) is 46.6 Å². The molecule has 0 radical (unpaired) electrons. The van der Waals surface area contributed by atoms with Gasteiger partial charge in [-0.2, -0.15) is 5.10 Å². The predicted octanol–water partition coefficient (Wildman–Crippen LogP) is 3.20. The molecule has 10 heteroatoms. The molecule has 2 aromatic carbocycles. The van der Waals surface area contributed by atoms with E-state index >= 15 is 0 Å². The molecular formula is C26H31F2N3O5. The van der Waals surface area contributed by atoms with E-state index in [0.29, 0.717) is 44.3 Å². The Balaban J connectivity index is 1.35. The molecule has 0 amide bonds. The van der Waals surface area contributed by atoms with Crippen LogP contribution in [0, 0.1) is 18.6 Å². The molecule has 1 atom stereocenters. The van der Waals surface area contributed by atoms with Gasteiger partial charge in [-0.25, -0.2) is 8.78 Å². The van der Waals surface area contributed by atoms with Gasteiger partial charge in [0, 0.05) is 31.9 Å². The molecule has 0 aliphatic carbocycles. The summed E-state index contributed by atoms with van der Waals surface area (Å²) in [6, 6.07) is 9.01. The molecular weight excluding hydrogens is 472 g/mol. The second-order valence-corrected chi connectivity index (χ2v) is 8.97. The van der Waals surface area contributed by atoms with Crippen molar-refractivity contribution in [3.05, 3.63) is 71.6 Å². The molecule has 1 aromatic heterocycles. The van der Waals surface area contributed by atoms with Crippen molar-refractivity contribution >= 4 is 0 Å². The van der Waals surface area contributed by atoms with E-state index in [4.69, 9.17) is 18.9 Å². The van der Waals surface area contributed by atoms with Gasteiger partial charge in [0.15, 0.2) is 23.1 Å². The van der Waals surface area contributed by atoms with Crippen LogP contribution in [0.2, 0.25) is 0 Å². The van der Waals surface area contributed by atoms with E-state index in [1.807, 2.05) is 36.0 Å². The molecule has 0 bridgehead atoms. The molecule has 1 N–H and O–H groups in total. The molecule has 1 fully saturated rings. The Morgan fingerprint density at radius 2 is 1.97 bits per heavy atom. The Labute approximate surface area is 209 Å². The summed E-state index contributed by atoms with van der Waals surface area (Å²) in [5.74, 6) is -0.560. The number of nitrogens with zero attached hydrogens (tertiary/aromatic N) is 3. The molecule has 1 saturated heterocycles. The summed E-state index contributed by atoms with van der Waals surface area (Å²) in [5, 5.41) is 15.4. The molecule has 0 saturated carbocycles. The Bertz CT molecular complexity index is 1160. The fraction of sp³-hybridized carbons (Fsp3) is 0.423. The van der Waals surface area contributed by atoms with Gasteiger partial charge in [-0.3, -0.25) is 9.58 Å². The fourth-order valence-corrected chi connectivity index (χ4v) is 4.03. The molecule has 8 nitrogen and oxygen atoms in total. The SMILES string of the molecule is COc1cc(CN2CCOC[C@@](O)(COc3ccc(F)c(F)c3)C2)ccc1OCCn1cc(C)cn1. The third-order valence-corrected chi connectivity index (χ3v) is 5.81. The third kappa shape index (κ3) is 6.93. The minimum Gasteiger partial charge on any atom is -0.493 e. The number of halogens is 2. The number of ether oxygens (including phenoxy) is 4. The van der Waals surface area contributed by atoms with Crippen molar-refractivity contribution in [3.8, 4) is 17.2 Å². The standard InChI is InChI=1S/C26H31F2N3O5/c1-19-13-29-31(14-19)8-10-35-24-6-3-20(11-25(24)33-2)15-30-7-9-34-17-26(32,16-30)18-36-21-4-5-22(27)23(28)12-21/h3-6,11-14,32H,7-10,15-18H2,1-2H3/t26-/m1/s1. The first-order valence-electron chi connectivity index (χ1n) is 11.7. The van der Waals surface area contributed by atoms with Gasteiger partial charge in [-0.15, -0.1) is 0 Å². The lowest BCUT2D eigenvalue weighted by atomic mass is 10.1. The lowest BCUT2D eigenvalue weighted by Crippen LogP contribution is -2.48. The first-order chi connectivity index (χ1) is 17.3. The highest BCUT2D eigenvalue weighted by Crippen LogP contribution is 2.29. The highest BCUT2D eigenvalue weighted by molar-refractivity contribution is 5.43. The third-order valence-electron chi connectivity index (χ3n) is 5.81. The Hall–Kier alpha value is -3.21. The quantitative estimate of drug-likeness (QED) is 0.455. The maximum absolute atomic E-state index is 13.5. The van der Waals surface area contributed by atoms with Crippen LogP contribution >= 0.6 is 0 Å². The van der Waals surface area contributed by atoms with Crippen molar-refractivity contribution in [1.82, 2.24) is 14.7 Å². The monoisotopic (exact) mass is 503 g/mol. The van der Waals surface area contributed by atoms with Gasteiger partial charge >= 0.3 is 0 Å². The van der Waals surface area contributed by atoms with Gasteiger partial charge in [0.2, 0.25) is 0 Å². The zero-order valence-corrected chi connectivity index (χ0v) is 20.5. The van der Waals surface area contributed by atoms with E-state index < -0.39 is 17.2 Å². The van der Waals surface area contributed by atoms with Crippen LogP contribution in [0.5, 0.6) is 17.2 Å². The average molecular weight is 504 g/mol. The highest BCUT2D eigenvalue weighted by atomic mass is 19.2. The summed E-state index contributed by atoms with van der Waals surface area (Å²) >= 11 is 0. The number of β-amino-alcohol motifs (C(OH)–C–C–N with tert-alkyl or cyclic N) is 1. The molecule has 1 aliphatic heterocycles. The minimum absolute atomic E-state index is 0.0685. The van der Waals surface area contributed by atoms with Crippen LogP contribution in [0.25, 0.3) is 0 Å². The van der Waals surface area contributed by atoms with E-state index in [9.17, 15) is 13.9 Å². The zero-order chi connectivity index (χ0) is 25.5. The van der Waals surface area contributed by atoms with Crippen LogP contribution in [0.1, 0.15) is 11.1 Å². The molecule has 194 valence electrons. The summed E-state index contributed by atoms with van der Waals surface area (Å²) in [7, 11) is 1.59. The van der Waals surface area contributed by atoms with E-state index in [-0.39, 0.29) is 25.5 Å².